The van der Waals surface area contributed by atoms with Gasteiger partial charge in [0.1, 0.15) is 0 Å². The molecule has 0 saturated carbocycles. The molecule has 0 aliphatic heterocycles. The average molecular weight is 172 g/mol. The molecule has 3 N–H and O–H groups in total. The Labute approximate surface area is 70.6 Å². The highest BCUT2D eigenvalue weighted by Crippen LogP contribution is 2.18. The summed E-state index contributed by atoms with van der Waals surface area (Å²) in [5.41, 5.74) is 7.09. The van der Waals surface area contributed by atoms with E-state index in [0.717, 1.165) is 5.56 Å². The van der Waals surface area contributed by atoms with E-state index in [0.29, 0.717) is 17.1 Å². The Balaban J connectivity index is 2.93. The summed E-state index contributed by atoms with van der Waals surface area (Å²) in [4.78, 5) is 0. The Morgan fingerprint density at radius 2 is 2.18 bits per heavy atom. The van der Waals surface area contributed by atoms with Crippen LogP contribution < -0.4 is 5.73 Å². The maximum Gasteiger partial charge on any atom is 0.0471 e. The molecule has 11 heavy (non-hydrogen) atoms. The summed E-state index contributed by atoms with van der Waals surface area (Å²) in [5, 5.41) is 9.30. The number of halogens is 1. The number of rotatable bonds is 2. The van der Waals surface area contributed by atoms with Crippen molar-refractivity contribution in [3.63, 3.8) is 0 Å². The maximum atomic E-state index is 8.64. The Kier molecular flexibility index (Phi) is 2.74. The molecule has 0 bridgehead atoms. The topological polar surface area (TPSA) is 46.2 Å². The molecular formula is C8H10ClNO. The number of hydrogen-bond donors (Lipinski definition) is 2. The third-order valence-electron chi connectivity index (χ3n) is 1.45. The number of benzene rings is 1. The van der Waals surface area contributed by atoms with Gasteiger partial charge in [0.05, 0.1) is 0 Å². The van der Waals surface area contributed by atoms with Gasteiger partial charge in [-0.05, 0) is 30.2 Å². The molecule has 0 fully saturated rings. The van der Waals surface area contributed by atoms with Crippen molar-refractivity contribution < 1.29 is 5.11 Å². The predicted octanol–water partition coefficient (Wildman–Crippen LogP) is 1.46. The van der Waals surface area contributed by atoms with Gasteiger partial charge in [0.2, 0.25) is 0 Å². The standard InChI is InChI=1S/C8H10ClNO/c9-8-2-1-7(10)5-6(8)3-4-11/h1-2,5,11H,3-4,10H2. The zero-order chi connectivity index (χ0) is 8.27. The fourth-order valence-electron chi connectivity index (χ4n) is 0.907. The van der Waals surface area contributed by atoms with Crippen LogP contribution in [0.2, 0.25) is 5.02 Å². The predicted molar refractivity (Wildman–Crippen MR) is 46.7 cm³/mol. The zero-order valence-electron chi connectivity index (χ0n) is 6.05. The van der Waals surface area contributed by atoms with Gasteiger partial charge < -0.3 is 10.8 Å². The van der Waals surface area contributed by atoms with Gasteiger partial charge in [0, 0.05) is 17.3 Å². The molecule has 0 aliphatic carbocycles. The quantitative estimate of drug-likeness (QED) is 0.662. The molecule has 0 spiro atoms. The lowest BCUT2D eigenvalue weighted by Gasteiger charge is -2.02. The molecule has 1 aromatic rings. The number of aliphatic hydroxyl groups is 1. The second kappa shape index (κ2) is 3.60. The van der Waals surface area contributed by atoms with Gasteiger partial charge in [0.15, 0.2) is 0 Å². The molecule has 0 heterocycles. The first-order valence-corrected chi connectivity index (χ1v) is 3.76. The lowest BCUT2D eigenvalue weighted by atomic mass is 10.1. The van der Waals surface area contributed by atoms with Crippen LogP contribution >= 0.6 is 11.6 Å². The number of hydrogen-bond acceptors (Lipinski definition) is 2. The van der Waals surface area contributed by atoms with Crippen LogP contribution in [-0.4, -0.2) is 11.7 Å². The summed E-state index contributed by atoms with van der Waals surface area (Å²) in [7, 11) is 0. The Morgan fingerprint density at radius 3 is 2.82 bits per heavy atom. The monoisotopic (exact) mass is 171 g/mol. The minimum atomic E-state index is 0.100. The SMILES string of the molecule is Nc1ccc(Cl)c(CCO)c1. The fraction of sp³-hybridized carbons (Fsp3) is 0.250. The first kappa shape index (κ1) is 8.37. The van der Waals surface area contributed by atoms with Crippen LogP contribution in [0.5, 0.6) is 0 Å². The van der Waals surface area contributed by atoms with Crippen LogP contribution in [0.4, 0.5) is 5.69 Å². The van der Waals surface area contributed by atoms with Crippen molar-refractivity contribution in [2.24, 2.45) is 0 Å². The van der Waals surface area contributed by atoms with Crippen LogP contribution in [0.25, 0.3) is 0 Å². The summed E-state index contributed by atoms with van der Waals surface area (Å²) in [6.45, 7) is 0.100. The van der Waals surface area contributed by atoms with Gasteiger partial charge in [-0.25, -0.2) is 0 Å². The number of anilines is 1. The Bertz CT molecular complexity index is 250. The van der Waals surface area contributed by atoms with E-state index in [1.165, 1.54) is 0 Å². The molecule has 1 aromatic carbocycles. The largest absolute Gasteiger partial charge is 0.399 e. The van der Waals surface area contributed by atoms with Crippen molar-refractivity contribution in [3.05, 3.63) is 28.8 Å². The van der Waals surface area contributed by atoms with Crippen LogP contribution in [0.15, 0.2) is 18.2 Å². The third kappa shape index (κ3) is 2.10. The molecule has 0 saturated heterocycles. The van der Waals surface area contributed by atoms with Crippen LogP contribution in [-0.2, 0) is 6.42 Å². The van der Waals surface area contributed by atoms with Gasteiger partial charge in [-0.2, -0.15) is 0 Å². The average Bonchev–Trinajstić information content (AvgIpc) is 1.98. The minimum absolute atomic E-state index is 0.100. The van der Waals surface area contributed by atoms with Crippen LogP contribution in [0.1, 0.15) is 5.56 Å². The smallest absolute Gasteiger partial charge is 0.0471 e. The van der Waals surface area contributed by atoms with E-state index in [1.807, 2.05) is 0 Å². The molecule has 60 valence electrons. The second-order valence-corrected chi connectivity index (χ2v) is 2.73. The normalized spacial score (nSPS) is 10.0. The molecule has 3 heteroatoms. The zero-order valence-corrected chi connectivity index (χ0v) is 6.80. The summed E-state index contributed by atoms with van der Waals surface area (Å²) < 4.78 is 0. The van der Waals surface area contributed by atoms with Gasteiger partial charge in [-0.1, -0.05) is 11.6 Å². The summed E-state index contributed by atoms with van der Waals surface area (Å²) in [5.74, 6) is 0. The van der Waals surface area contributed by atoms with Gasteiger partial charge in [-0.15, -0.1) is 0 Å². The molecule has 1 rings (SSSR count). The lowest BCUT2D eigenvalue weighted by Crippen LogP contribution is -1.93. The van der Waals surface area contributed by atoms with Crippen LogP contribution in [0, 0.1) is 0 Å². The van der Waals surface area contributed by atoms with Crippen molar-refractivity contribution in [2.75, 3.05) is 12.3 Å². The summed E-state index contributed by atoms with van der Waals surface area (Å²) in [6.07, 6.45) is 0.559. The molecule has 0 unspecified atom stereocenters. The molecule has 0 aliphatic rings. The highest BCUT2D eigenvalue weighted by molar-refractivity contribution is 6.31. The molecule has 0 amide bonds. The third-order valence-corrected chi connectivity index (χ3v) is 1.82. The van der Waals surface area contributed by atoms with Crippen molar-refractivity contribution in [2.45, 2.75) is 6.42 Å². The number of nitrogen functional groups attached to an aromatic ring is 1. The first-order valence-electron chi connectivity index (χ1n) is 3.39. The first-order chi connectivity index (χ1) is 5.24. The number of aliphatic hydroxyl groups excluding tert-OH is 1. The van der Waals surface area contributed by atoms with Gasteiger partial charge in [-0.3, -0.25) is 0 Å². The summed E-state index contributed by atoms with van der Waals surface area (Å²) in [6, 6.07) is 5.25. The van der Waals surface area contributed by atoms with Gasteiger partial charge >= 0.3 is 0 Å². The summed E-state index contributed by atoms with van der Waals surface area (Å²) >= 11 is 5.81. The van der Waals surface area contributed by atoms with E-state index in [1.54, 1.807) is 18.2 Å². The Morgan fingerprint density at radius 1 is 1.45 bits per heavy atom. The highest BCUT2D eigenvalue weighted by Gasteiger charge is 1.98. The molecule has 2 nitrogen and oxygen atoms in total. The van der Waals surface area contributed by atoms with Crippen LogP contribution in [0.3, 0.4) is 0 Å². The second-order valence-electron chi connectivity index (χ2n) is 2.32. The van der Waals surface area contributed by atoms with E-state index in [-0.39, 0.29) is 6.61 Å². The fourth-order valence-corrected chi connectivity index (χ4v) is 1.12. The van der Waals surface area contributed by atoms with Crippen molar-refractivity contribution in [1.29, 1.82) is 0 Å². The molecule has 0 atom stereocenters. The molecule has 0 radical (unpaired) electrons. The van der Waals surface area contributed by atoms with Crippen molar-refractivity contribution in [1.82, 2.24) is 0 Å². The highest BCUT2D eigenvalue weighted by atomic mass is 35.5. The van der Waals surface area contributed by atoms with Gasteiger partial charge in [0.25, 0.3) is 0 Å². The number of nitrogens with two attached hydrogens (primary N) is 1. The van der Waals surface area contributed by atoms with E-state index in [4.69, 9.17) is 22.4 Å². The minimum Gasteiger partial charge on any atom is -0.399 e. The van der Waals surface area contributed by atoms with E-state index in [9.17, 15) is 0 Å². The van der Waals surface area contributed by atoms with Crippen molar-refractivity contribution >= 4 is 17.3 Å². The molecule has 0 aromatic heterocycles. The van der Waals surface area contributed by atoms with Crippen molar-refractivity contribution in [3.8, 4) is 0 Å². The maximum absolute atomic E-state index is 8.64. The Hall–Kier alpha value is -0.730. The van der Waals surface area contributed by atoms with E-state index in [2.05, 4.69) is 0 Å². The van der Waals surface area contributed by atoms with E-state index >= 15 is 0 Å². The van der Waals surface area contributed by atoms with E-state index < -0.39 is 0 Å². The lowest BCUT2D eigenvalue weighted by molar-refractivity contribution is 0.299. The molecular weight excluding hydrogens is 162 g/mol.